The van der Waals surface area contributed by atoms with Gasteiger partial charge in [-0.25, -0.2) is 4.68 Å². The second-order valence-electron chi connectivity index (χ2n) is 9.73. The zero-order valence-electron chi connectivity index (χ0n) is 23.1. The number of aromatic nitrogens is 3. The Morgan fingerprint density at radius 2 is 1.90 bits per heavy atom. The van der Waals surface area contributed by atoms with Crippen molar-refractivity contribution in [3.05, 3.63) is 48.0 Å². The molecule has 0 saturated heterocycles. The van der Waals surface area contributed by atoms with Gasteiger partial charge in [-0.15, -0.1) is 5.10 Å². The number of para-hydroxylation sites is 1. The number of ether oxygens (including phenoxy) is 3. The number of fused-ring (bicyclic) bond motifs is 1. The SMILES string of the molecule is CCOCCCN(C(=O)Cn1nnc2ccccc21)[C@H](C(=O)NC1CCCCC1)c1ccc(OC)cc1OC. The number of methoxy groups -OCH3 is 2. The summed E-state index contributed by atoms with van der Waals surface area (Å²) in [7, 11) is 3.13. The van der Waals surface area contributed by atoms with Crippen LogP contribution in [0.15, 0.2) is 42.5 Å². The molecule has 1 N–H and O–H groups in total. The average Bonchev–Trinajstić information content (AvgIpc) is 3.37. The number of nitrogens with zero attached hydrogens (tertiary/aromatic N) is 4. The van der Waals surface area contributed by atoms with E-state index in [0.29, 0.717) is 48.8 Å². The van der Waals surface area contributed by atoms with Crippen molar-refractivity contribution in [3.63, 3.8) is 0 Å². The number of hydrogen-bond acceptors (Lipinski definition) is 7. The van der Waals surface area contributed by atoms with E-state index in [9.17, 15) is 9.59 Å². The monoisotopic (exact) mass is 537 g/mol. The first-order chi connectivity index (χ1) is 19.0. The Hall–Kier alpha value is -3.66. The Balaban J connectivity index is 1.70. The van der Waals surface area contributed by atoms with E-state index in [4.69, 9.17) is 14.2 Å². The summed E-state index contributed by atoms with van der Waals surface area (Å²) in [4.78, 5) is 29.7. The number of benzene rings is 2. The van der Waals surface area contributed by atoms with E-state index < -0.39 is 6.04 Å². The van der Waals surface area contributed by atoms with Crippen molar-refractivity contribution in [1.29, 1.82) is 0 Å². The summed E-state index contributed by atoms with van der Waals surface area (Å²) in [5.41, 5.74) is 2.06. The van der Waals surface area contributed by atoms with Crippen LogP contribution in [0.25, 0.3) is 11.0 Å². The summed E-state index contributed by atoms with van der Waals surface area (Å²) >= 11 is 0. The lowest BCUT2D eigenvalue weighted by Gasteiger charge is -2.34. The van der Waals surface area contributed by atoms with Gasteiger partial charge in [0, 0.05) is 37.4 Å². The molecule has 1 aliphatic carbocycles. The van der Waals surface area contributed by atoms with E-state index in [-0.39, 0.29) is 24.4 Å². The minimum Gasteiger partial charge on any atom is -0.497 e. The van der Waals surface area contributed by atoms with Crippen molar-refractivity contribution in [2.75, 3.05) is 34.0 Å². The Bertz CT molecular complexity index is 1240. The summed E-state index contributed by atoms with van der Waals surface area (Å²) in [6.07, 6.45) is 5.78. The Labute approximate surface area is 229 Å². The first-order valence-corrected chi connectivity index (χ1v) is 13.7. The van der Waals surface area contributed by atoms with Gasteiger partial charge in [0.15, 0.2) is 0 Å². The predicted octanol–water partition coefficient (Wildman–Crippen LogP) is 3.89. The van der Waals surface area contributed by atoms with Gasteiger partial charge in [-0.3, -0.25) is 9.59 Å². The van der Waals surface area contributed by atoms with Crippen LogP contribution in [0, 0.1) is 0 Å². The van der Waals surface area contributed by atoms with Gasteiger partial charge in [-0.2, -0.15) is 0 Å². The first kappa shape index (κ1) is 28.4. The van der Waals surface area contributed by atoms with Crippen LogP contribution in [0.5, 0.6) is 11.5 Å². The molecule has 0 bridgehead atoms. The third-order valence-electron chi connectivity index (χ3n) is 7.16. The number of carbonyl (C=O) groups is 2. The Morgan fingerprint density at radius 1 is 1.10 bits per heavy atom. The quantitative estimate of drug-likeness (QED) is 0.330. The number of rotatable bonds is 13. The molecule has 2 amide bonds. The van der Waals surface area contributed by atoms with Gasteiger partial charge < -0.3 is 24.4 Å². The van der Waals surface area contributed by atoms with E-state index in [1.165, 1.54) is 6.42 Å². The minimum absolute atomic E-state index is 0.0547. The normalized spacial score (nSPS) is 14.6. The van der Waals surface area contributed by atoms with Crippen LogP contribution in [0.1, 0.15) is 57.1 Å². The highest BCUT2D eigenvalue weighted by atomic mass is 16.5. The fourth-order valence-corrected chi connectivity index (χ4v) is 5.15. The number of amides is 2. The van der Waals surface area contributed by atoms with Gasteiger partial charge in [0.25, 0.3) is 0 Å². The van der Waals surface area contributed by atoms with Crippen LogP contribution in [-0.2, 0) is 20.9 Å². The van der Waals surface area contributed by atoms with Gasteiger partial charge in [-0.1, -0.05) is 36.6 Å². The molecule has 39 heavy (non-hydrogen) atoms. The summed E-state index contributed by atoms with van der Waals surface area (Å²) in [5.74, 6) is 0.611. The molecule has 4 rings (SSSR count). The molecule has 210 valence electrons. The van der Waals surface area contributed by atoms with E-state index in [0.717, 1.165) is 31.2 Å². The molecule has 1 fully saturated rings. The highest BCUT2D eigenvalue weighted by molar-refractivity contribution is 5.90. The van der Waals surface area contributed by atoms with Gasteiger partial charge in [0.05, 0.1) is 19.7 Å². The van der Waals surface area contributed by atoms with Crippen LogP contribution in [0.2, 0.25) is 0 Å². The number of hydrogen-bond donors (Lipinski definition) is 1. The van der Waals surface area contributed by atoms with Crippen LogP contribution >= 0.6 is 0 Å². The van der Waals surface area contributed by atoms with E-state index in [1.807, 2.05) is 31.2 Å². The molecule has 10 heteroatoms. The topological polar surface area (TPSA) is 108 Å². The van der Waals surface area contributed by atoms with Crippen LogP contribution in [0.4, 0.5) is 0 Å². The maximum absolute atomic E-state index is 14.0. The van der Waals surface area contributed by atoms with E-state index >= 15 is 0 Å². The lowest BCUT2D eigenvalue weighted by atomic mass is 9.94. The lowest BCUT2D eigenvalue weighted by molar-refractivity contribution is -0.142. The molecule has 0 unspecified atom stereocenters. The summed E-state index contributed by atoms with van der Waals surface area (Å²) < 4.78 is 18.2. The third kappa shape index (κ3) is 7.06. The molecule has 1 aliphatic rings. The fourth-order valence-electron chi connectivity index (χ4n) is 5.15. The summed E-state index contributed by atoms with van der Waals surface area (Å²) in [5, 5.41) is 11.6. The average molecular weight is 538 g/mol. The smallest absolute Gasteiger partial charge is 0.247 e. The maximum atomic E-state index is 14.0. The number of nitrogens with one attached hydrogen (secondary N) is 1. The highest BCUT2D eigenvalue weighted by Crippen LogP contribution is 2.34. The summed E-state index contributed by atoms with van der Waals surface area (Å²) in [6.45, 7) is 3.26. The van der Waals surface area contributed by atoms with Crippen molar-refractivity contribution in [2.45, 2.75) is 64.1 Å². The van der Waals surface area contributed by atoms with Crippen molar-refractivity contribution < 1.29 is 23.8 Å². The molecular weight excluding hydrogens is 498 g/mol. The molecule has 1 saturated carbocycles. The van der Waals surface area contributed by atoms with Crippen LogP contribution < -0.4 is 14.8 Å². The van der Waals surface area contributed by atoms with Crippen LogP contribution in [0.3, 0.4) is 0 Å². The largest absolute Gasteiger partial charge is 0.497 e. The second kappa shape index (κ2) is 13.9. The van der Waals surface area contributed by atoms with Gasteiger partial charge in [0.2, 0.25) is 11.8 Å². The van der Waals surface area contributed by atoms with Crippen molar-refractivity contribution in [3.8, 4) is 11.5 Å². The van der Waals surface area contributed by atoms with Crippen molar-refractivity contribution in [1.82, 2.24) is 25.2 Å². The highest BCUT2D eigenvalue weighted by Gasteiger charge is 2.35. The van der Waals surface area contributed by atoms with Gasteiger partial charge in [0.1, 0.15) is 29.6 Å². The van der Waals surface area contributed by atoms with Crippen molar-refractivity contribution in [2.24, 2.45) is 0 Å². The fraction of sp³-hybridized carbons (Fsp3) is 0.517. The van der Waals surface area contributed by atoms with E-state index in [1.54, 1.807) is 42.0 Å². The van der Waals surface area contributed by atoms with Crippen LogP contribution in [-0.4, -0.2) is 71.7 Å². The van der Waals surface area contributed by atoms with Gasteiger partial charge in [-0.05, 0) is 50.5 Å². The first-order valence-electron chi connectivity index (χ1n) is 13.7. The Kier molecular flexibility index (Phi) is 10.1. The molecule has 10 nitrogen and oxygen atoms in total. The number of carbonyl (C=O) groups excluding carboxylic acids is 2. The summed E-state index contributed by atoms with van der Waals surface area (Å²) in [6, 6.07) is 12.0. The second-order valence-corrected chi connectivity index (χ2v) is 9.73. The molecule has 1 atom stereocenters. The molecule has 0 aliphatic heterocycles. The standard InChI is InChI=1S/C29H39N5O5/c1-4-39-18-10-17-33(27(35)20-34-25-14-9-8-13-24(25)31-32-34)28(29(36)30-21-11-6-5-7-12-21)23-16-15-22(37-2)19-26(23)38-3/h8-9,13-16,19,21,28H,4-7,10-12,17-18,20H2,1-3H3,(H,30,36)/t28-/m0/s1. The minimum atomic E-state index is -0.906. The lowest BCUT2D eigenvalue weighted by Crippen LogP contribution is -2.48. The molecule has 3 aromatic rings. The van der Waals surface area contributed by atoms with Crippen molar-refractivity contribution >= 4 is 22.8 Å². The molecular formula is C29H39N5O5. The molecule has 0 spiro atoms. The molecule has 1 heterocycles. The molecule has 2 aromatic carbocycles. The van der Waals surface area contributed by atoms with Gasteiger partial charge >= 0.3 is 0 Å². The predicted molar refractivity (Wildman–Crippen MR) is 148 cm³/mol. The third-order valence-corrected chi connectivity index (χ3v) is 7.16. The molecule has 1 aromatic heterocycles. The maximum Gasteiger partial charge on any atom is 0.247 e. The van der Waals surface area contributed by atoms with E-state index in [2.05, 4.69) is 15.6 Å². The Morgan fingerprint density at radius 3 is 2.64 bits per heavy atom. The zero-order chi connectivity index (χ0) is 27.6. The zero-order valence-corrected chi connectivity index (χ0v) is 23.1. The molecule has 0 radical (unpaired) electrons.